The van der Waals surface area contributed by atoms with Crippen LogP contribution in [0.1, 0.15) is 40.0 Å². The van der Waals surface area contributed by atoms with Crippen LogP contribution in [-0.2, 0) is 13.1 Å². The van der Waals surface area contributed by atoms with Crippen molar-refractivity contribution in [3.8, 4) is 11.3 Å². The standard InChI is InChI=1S/C26H21N5O2.CH4/c27-13-16-6-11-21-22(12-16)23(17-4-2-1-3-5-17)28-14-19-15-29-26(31-24(19)21)30-20-9-7-18(8-10-20)25(32)33;/h1-12,15H,13-14,27H2,(H,32,33)(H,29,30,31);1H4. The van der Waals surface area contributed by atoms with Crippen molar-refractivity contribution in [2.75, 3.05) is 5.32 Å². The molecule has 0 bridgehead atoms. The summed E-state index contributed by atoms with van der Waals surface area (Å²) in [6.45, 7) is 0.894. The minimum Gasteiger partial charge on any atom is -0.478 e. The Hall–Kier alpha value is -4.36. The van der Waals surface area contributed by atoms with E-state index in [-0.39, 0.29) is 13.0 Å². The summed E-state index contributed by atoms with van der Waals surface area (Å²) < 4.78 is 0. The molecule has 0 saturated heterocycles. The van der Waals surface area contributed by atoms with Gasteiger partial charge < -0.3 is 16.2 Å². The van der Waals surface area contributed by atoms with Gasteiger partial charge in [0.1, 0.15) is 0 Å². The summed E-state index contributed by atoms with van der Waals surface area (Å²) in [5.41, 5.74) is 13.5. The van der Waals surface area contributed by atoms with Gasteiger partial charge in [-0.25, -0.2) is 14.8 Å². The highest BCUT2D eigenvalue weighted by molar-refractivity contribution is 6.16. The van der Waals surface area contributed by atoms with Crippen molar-refractivity contribution in [2.24, 2.45) is 10.7 Å². The van der Waals surface area contributed by atoms with Crippen molar-refractivity contribution in [1.29, 1.82) is 0 Å². The summed E-state index contributed by atoms with van der Waals surface area (Å²) in [7, 11) is 0. The molecule has 0 amide bonds. The van der Waals surface area contributed by atoms with E-state index in [1.54, 1.807) is 18.3 Å². The van der Waals surface area contributed by atoms with Crippen LogP contribution in [0.5, 0.6) is 0 Å². The highest BCUT2D eigenvalue weighted by Gasteiger charge is 2.21. The molecule has 2 heterocycles. The van der Waals surface area contributed by atoms with Crippen LogP contribution in [-0.4, -0.2) is 26.8 Å². The van der Waals surface area contributed by atoms with Gasteiger partial charge in [0.05, 0.1) is 23.5 Å². The number of nitrogens with zero attached hydrogens (tertiary/aromatic N) is 3. The predicted molar refractivity (Wildman–Crippen MR) is 135 cm³/mol. The monoisotopic (exact) mass is 451 g/mol. The van der Waals surface area contributed by atoms with Crippen LogP contribution in [0.2, 0.25) is 0 Å². The number of nitrogens with two attached hydrogens (primary N) is 1. The summed E-state index contributed by atoms with van der Waals surface area (Å²) >= 11 is 0. The Kier molecular flexibility index (Phi) is 6.47. The van der Waals surface area contributed by atoms with Crippen molar-refractivity contribution < 1.29 is 9.90 Å². The molecule has 0 unspecified atom stereocenters. The minimum atomic E-state index is -0.967. The Bertz CT molecular complexity index is 1370. The molecule has 4 N–H and O–H groups in total. The molecule has 7 nitrogen and oxygen atoms in total. The third kappa shape index (κ3) is 4.42. The van der Waals surface area contributed by atoms with Crippen LogP contribution in [0, 0.1) is 0 Å². The molecule has 5 rings (SSSR count). The first-order valence-electron chi connectivity index (χ1n) is 10.5. The minimum absolute atomic E-state index is 0. The lowest BCUT2D eigenvalue weighted by molar-refractivity contribution is 0.0697. The summed E-state index contributed by atoms with van der Waals surface area (Å²) in [6.07, 6.45) is 1.79. The summed E-state index contributed by atoms with van der Waals surface area (Å²) in [6, 6.07) is 22.7. The molecule has 34 heavy (non-hydrogen) atoms. The fraction of sp³-hybridized carbons (Fsp3) is 0.111. The van der Waals surface area contributed by atoms with Gasteiger partial charge in [-0.3, -0.25) is 4.99 Å². The van der Waals surface area contributed by atoms with E-state index in [9.17, 15) is 4.79 Å². The van der Waals surface area contributed by atoms with E-state index in [0.29, 0.717) is 24.7 Å². The lowest BCUT2D eigenvalue weighted by Crippen LogP contribution is -2.07. The number of nitrogens with one attached hydrogen (secondary N) is 1. The first-order valence-corrected chi connectivity index (χ1v) is 10.5. The summed E-state index contributed by atoms with van der Waals surface area (Å²) in [4.78, 5) is 25.3. The first-order chi connectivity index (χ1) is 16.1. The first kappa shape index (κ1) is 22.8. The van der Waals surface area contributed by atoms with Crippen LogP contribution in [0.3, 0.4) is 0 Å². The highest BCUT2D eigenvalue weighted by atomic mass is 16.4. The van der Waals surface area contributed by atoms with E-state index < -0.39 is 5.97 Å². The number of carboxylic acids is 1. The van der Waals surface area contributed by atoms with Crippen LogP contribution >= 0.6 is 0 Å². The molecule has 3 aromatic carbocycles. The maximum atomic E-state index is 11.1. The third-order valence-corrected chi connectivity index (χ3v) is 5.54. The molecule has 0 spiro atoms. The maximum absolute atomic E-state index is 11.1. The van der Waals surface area contributed by atoms with Crippen molar-refractivity contribution in [1.82, 2.24) is 9.97 Å². The van der Waals surface area contributed by atoms with Gasteiger partial charge in [0.15, 0.2) is 0 Å². The molecule has 0 fully saturated rings. The average Bonchev–Trinajstić information content (AvgIpc) is 3.01. The van der Waals surface area contributed by atoms with Gasteiger partial charge in [-0.15, -0.1) is 0 Å². The molecule has 0 aliphatic carbocycles. The molecule has 1 aliphatic rings. The molecule has 0 saturated carbocycles. The van der Waals surface area contributed by atoms with Crippen molar-refractivity contribution in [2.45, 2.75) is 20.5 Å². The lowest BCUT2D eigenvalue weighted by Gasteiger charge is -2.13. The van der Waals surface area contributed by atoms with E-state index in [4.69, 9.17) is 20.8 Å². The second kappa shape index (κ2) is 9.64. The number of hydrogen-bond acceptors (Lipinski definition) is 6. The van der Waals surface area contributed by atoms with Gasteiger partial charge in [-0.2, -0.15) is 0 Å². The quantitative estimate of drug-likeness (QED) is 0.392. The van der Waals surface area contributed by atoms with E-state index >= 15 is 0 Å². The Morgan fingerprint density at radius 3 is 2.47 bits per heavy atom. The fourth-order valence-corrected chi connectivity index (χ4v) is 3.85. The summed E-state index contributed by atoms with van der Waals surface area (Å²) in [5.74, 6) is -0.542. The number of hydrogen-bond donors (Lipinski definition) is 3. The smallest absolute Gasteiger partial charge is 0.335 e. The molecular formula is C27H25N5O2. The van der Waals surface area contributed by atoms with Crippen molar-refractivity contribution in [3.05, 3.63) is 107 Å². The summed E-state index contributed by atoms with van der Waals surface area (Å²) in [5, 5.41) is 12.3. The van der Waals surface area contributed by atoms with Gasteiger partial charge in [0.2, 0.25) is 5.95 Å². The van der Waals surface area contributed by atoms with E-state index in [1.165, 1.54) is 12.1 Å². The normalized spacial score (nSPS) is 11.9. The van der Waals surface area contributed by atoms with Crippen molar-refractivity contribution >= 4 is 23.3 Å². The van der Waals surface area contributed by atoms with Crippen LogP contribution in [0.15, 0.2) is 84.0 Å². The zero-order valence-corrected chi connectivity index (χ0v) is 17.7. The van der Waals surface area contributed by atoms with Gasteiger partial charge in [0, 0.05) is 40.7 Å². The van der Waals surface area contributed by atoms with Crippen LogP contribution in [0.25, 0.3) is 11.3 Å². The Morgan fingerprint density at radius 1 is 1.00 bits per heavy atom. The predicted octanol–water partition coefficient (Wildman–Crippen LogP) is 5.03. The average molecular weight is 452 g/mol. The molecule has 1 aromatic heterocycles. The number of aromatic nitrogens is 2. The largest absolute Gasteiger partial charge is 0.478 e. The van der Waals surface area contributed by atoms with Crippen LogP contribution < -0.4 is 11.1 Å². The van der Waals surface area contributed by atoms with E-state index in [2.05, 4.69) is 16.4 Å². The molecule has 7 heteroatoms. The molecule has 4 aromatic rings. The van der Waals surface area contributed by atoms with Crippen molar-refractivity contribution in [3.63, 3.8) is 0 Å². The zero-order chi connectivity index (χ0) is 22.8. The Morgan fingerprint density at radius 2 is 1.76 bits per heavy atom. The zero-order valence-electron chi connectivity index (χ0n) is 17.7. The molecule has 0 radical (unpaired) electrons. The number of benzene rings is 3. The highest BCUT2D eigenvalue weighted by Crippen LogP contribution is 2.33. The Balaban J connectivity index is 0.00000274. The number of rotatable bonds is 5. The number of aliphatic imine (C=N–C) groups is 1. The van der Waals surface area contributed by atoms with Gasteiger partial charge in [0.25, 0.3) is 0 Å². The van der Waals surface area contributed by atoms with Gasteiger partial charge in [-0.1, -0.05) is 49.9 Å². The molecular weight excluding hydrogens is 426 g/mol. The second-order valence-corrected chi connectivity index (χ2v) is 7.69. The maximum Gasteiger partial charge on any atom is 0.335 e. The van der Waals surface area contributed by atoms with E-state index in [0.717, 1.165) is 39.2 Å². The van der Waals surface area contributed by atoms with Gasteiger partial charge >= 0.3 is 5.97 Å². The molecule has 0 atom stereocenters. The number of fused-ring (bicyclic) bond motifs is 3. The number of carboxylic acid groups (broad SMARTS) is 1. The lowest BCUT2D eigenvalue weighted by atomic mass is 9.93. The van der Waals surface area contributed by atoms with E-state index in [1.807, 2.05) is 42.5 Å². The van der Waals surface area contributed by atoms with Crippen LogP contribution in [0.4, 0.5) is 11.6 Å². The SMILES string of the molecule is C.NCc1ccc2c(c1)C(c1ccccc1)=NCc1cnc(Nc3ccc(C(=O)O)cc3)nc1-2. The second-order valence-electron chi connectivity index (χ2n) is 7.69. The molecule has 170 valence electrons. The Labute approximate surface area is 198 Å². The molecule has 1 aliphatic heterocycles. The number of aromatic carboxylic acids is 1. The van der Waals surface area contributed by atoms with Gasteiger partial charge in [-0.05, 0) is 35.9 Å². The number of anilines is 2. The third-order valence-electron chi connectivity index (χ3n) is 5.54. The number of carbonyl (C=O) groups is 1. The fourth-order valence-electron chi connectivity index (χ4n) is 3.85. The topological polar surface area (TPSA) is 113 Å².